The number of hydrogen-bond donors (Lipinski definition) is 0. The number of fused-ring (bicyclic) bond motifs is 3. The van der Waals surface area contributed by atoms with Crippen molar-refractivity contribution in [2.24, 2.45) is 5.92 Å². The highest BCUT2D eigenvalue weighted by Crippen LogP contribution is 2.49. The Morgan fingerprint density at radius 1 is 1.52 bits per heavy atom. The first-order chi connectivity index (χ1) is 10.9. The monoisotopic (exact) mass is 322 g/mol. The van der Waals surface area contributed by atoms with Crippen molar-refractivity contribution in [1.82, 2.24) is 0 Å². The van der Waals surface area contributed by atoms with Gasteiger partial charge in [0.05, 0.1) is 12.7 Å². The fourth-order valence-corrected chi connectivity index (χ4v) is 3.46. The van der Waals surface area contributed by atoms with Crippen LogP contribution in [0.25, 0.3) is 0 Å². The number of allylic oxidation sites excluding steroid dienone is 1. The van der Waals surface area contributed by atoms with Crippen LogP contribution in [-0.2, 0) is 23.7 Å². The summed E-state index contributed by atoms with van der Waals surface area (Å²) in [5.74, 6) is -0.373. The van der Waals surface area contributed by atoms with Crippen molar-refractivity contribution in [3.63, 3.8) is 0 Å². The molecule has 0 aromatic carbocycles. The molecular weight excluding hydrogens is 300 g/mol. The molecule has 6 nitrogen and oxygen atoms in total. The summed E-state index contributed by atoms with van der Waals surface area (Å²) >= 11 is 0. The lowest BCUT2D eigenvalue weighted by Gasteiger charge is -2.19. The minimum atomic E-state index is -0.692. The molecule has 4 atom stereocenters. The van der Waals surface area contributed by atoms with Gasteiger partial charge in [0, 0.05) is 11.5 Å². The van der Waals surface area contributed by atoms with Crippen LogP contribution in [0.4, 0.5) is 4.79 Å². The number of carbonyl (C=O) groups is 2. The summed E-state index contributed by atoms with van der Waals surface area (Å²) in [4.78, 5) is 23.0. The molecule has 0 unspecified atom stereocenters. The van der Waals surface area contributed by atoms with Crippen LogP contribution in [0, 0.1) is 5.92 Å². The molecule has 3 aliphatic rings. The molecule has 0 bridgehead atoms. The molecule has 23 heavy (non-hydrogen) atoms. The highest BCUT2D eigenvalue weighted by molar-refractivity contribution is 5.91. The zero-order chi connectivity index (χ0) is 16.6. The maximum Gasteiger partial charge on any atom is 0.508 e. The molecule has 0 radical (unpaired) electrons. The van der Waals surface area contributed by atoms with E-state index in [-0.39, 0.29) is 36.3 Å². The topological polar surface area (TPSA) is 74.4 Å². The van der Waals surface area contributed by atoms with Gasteiger partial charge in [-0.1, -0.05) is 12.7 Å². The van der Waals surface area contributed by atoms with Gasteiger partial charge in [-0.05, 0) is 38.2 Å². The number of rotatable bonds is 2. The van der Waals surface area contributed by atoms with Gasteiger partial charge in [-0.2, -0.15) is 0 Å². The van der Waals surface area contributed by atoms with E-state index in [1.54, 1.807) is 0 Å². The Labute approximate surface area is 135 Å². The Bertz CT molecular complexity index is 565. The van der Waals surface area contributed by atoms with Crippen LogP contribution in [0.15, 0.2) is 23.8 Å². The Balaban J connectivity index is 1.73. The summed E-state index contributed by atoms with van der Waals surface area (Å²) in [6.07, 6.45) is 4.22. The highest BCUT2D eigenvalue weighted by atomic mass is 16.7. The number of methoxy groups -OCH3 is 1. The third-order valence-corrected chi connectivity index (χ3v) is 4.98. The van der Waals surface area contributed by atoms with E-state index in [1.807, 2.05) is 6.92 Å². The third kappa shape index (κ3) is 3.13. The second kappa shape index (κ2) is 6.00. The molecule has 0 aromatic rings. The van der Waals surface area contributed by atoms with Crippen LogP contribution in [0.3, 0.4) is 0 Å². The van der Waals surface area contributed by atoms with Gasteiger partial charge in [0.25, 0.3) is 0 Å². The van der Waals surface area contributed by atoms with E-state index in [0.717, 1.165) is 31.3 Å². The molecule has 0 N–H and O–H groups in total. The Morgan fingerprint density at radius 3 is 3.04 bits per heavy atom. The van der Waals surface area contributed by atoms with E-state index in [9.17, 15) is 9.59 Å². The second-order valence-corrected chi connectivity index (χ2v) is 6.54. The van der Waals surface area contributed by atoms with Gasteiger partial charge in [0.1, 0.15) is 18.8 Å². The zero-order valence-corrected chi connectivity index (χ0v) is 13.5. The Morgan fingerprint density at radius 2 is 2.30 bits per heavy atom. The molecular formula is C17H22O6. The minimum Gasteiger partial charge on any atom is -0.455 e. The molecule has 0 spiro atoms. The molecule has 2 heterocycles. The van der Waals surface area contributed by atoms with Crippen molar-refractivity contribution in [2.75, 3.05) is 13.7 Å². The second-order valence-electron chi connectivity index (χ2n) is 6.54. The average molecular weight is 322 g/mol. The van der Waals surface area contributed by atoms with E-state index in [2.05, 4.69) is 17.4 Å². The van der Waals surface area contributed by atoms with Gasteiger partial charge in [0.2, 0.25) is 0 Å². The standard InChI is InChI=1S/C17H22O6/c1-10-12-7-6-11(9-21-16(19)20-3)5-4-8-17(2)14(23-17)13(12)22-15(10)18/h5,12-14H,1,4,6-9H2,2-3H3/b11-5+/t12-,13-,14-,17+/m0/s1. The third-order valence-electron chi connectivity index (χ3n) is 4.98. The largest absolute Gasteiger partial charge is 0.508 e. The minimum absolute atomic E-state index is 0.0445. The van der Waals surface area contributed by atoms with E-state index >= 15 is 0 Å². The van der Waals surface area contributed by atoms with Crippen LogP contribution in [0.1, 0.15) is 32.6 Å². The van der Waals surface area contributed by atoms with Gasteiger partial charge < -0.3 is 18.9 Å². The summed E-state index contributed by atoms with van der Waals surface area (Å²) in [5.41, 5.74) is 1.28. The molecule has 0 amide bonds. The summed E-state index contributed by atoms with van der Waals surface area (Å²) in [5, 5.41) is 0. The fraction of sp³-hybridized carbons (Fsp3) is 0.647. The van der Waals surface area contributed by atoms with E-state index in [0.29, 0.717) is 5.57 Å². The zero-order valence-electron chi connectivity index (χ0n) is 13.5. The maximum absolute atomic E-state index is 11.9. The van der Waals surface area contributed by atoms with Gasteiger partial charge in [0.15, 0.2) is 0 Å². The number of ether oxygens (including phenoxy) is 4. The molecule has 6 heteroatoms. The van der Waals surface area contributed by atoms with Gasteiger partial charge >= 0.3 is 12.1 Å². The lowest BCUT2D eigenvalue weighted by atomic mass is 9.84. The summed E-state index contributed by atoms with van der Waals surface area (Å²) in [7, 11) is 1.28. The summed E-state index contributed by atoms with van der Waals surface area (Å²) in [6.45, 7) is 6.13. The first-order valence-corrected chi connectivity index (χ1v) is 7.91. The van der Waals surface area contributed by atoms with Crippen molar-refractivity contribution < 1.29 is 28.5 Å². The first kappa shape index (κ1) is 16.1. The summed E-state index contributed by atoms with van der Waals surface area (Å²) < 4.78 is 20.9. The fourth-order valence-electron chi connectivity index (χ4n) is 3.46. The molecule has 1 aliphatic carbocycles. The first-order valence-electron chi connectivity index (χ1n) is 7.91. The molecule has 0 aromatic heterocycles. The van der Waals surface area contributed by atoms with Crippen LogP contribution < -0.4 is 0 Å². The molecule has 2 saturated heterocycles. The van der Waals surface area contributed by atoms with Crippen LogP contribution >= 0.6 is 0 Å². The lowest BCUT2D eigenvalue weighted by molar-refractivity contribution is -0.140. The summed E-state index contributed by atoms with van der Waals surface area (Å²) in [6, 6.07) is 0. The van der Waals surface area contributed by atoms with Crippen molar-refractivity contribution >= 4 is 12.1 Å². The number of epoxide rings is 1. The SMILES string of the molecule is C=C1C(=O)O[C@H]2[C@H]1CC/C(COC(=O)OC)=C\CC[C@@]1(C)O[C@@H]21. The molecule has 2 aliphatic heterocycles. The van der Waals surface area contributed by atoms with E-state index < -0.39 is 6.16 Å². The Hall–Kier alpha value is -1.82. The maximum atomic E-state index is 11.9. The van der Waals surface area contributed by atoms with Crippen molar-refractivity contribution in [2.45, 2.75) is 50.4 Å². The highest BCUT2D eigenvalue weighted by Gasteiger charge is 2.61. The number of esters is 1. The Kier molecular flexibility index (Phi) is 4.19. The van der Waals surface area contributed by atoms with Crippen molar-refractivity contribution in [3.8, 4) is 0 Å². The molecule has 126 valence electrons. The number of carbonyl (C=O) groups excluding carboxylic acids is 2. The van der Waals surface area contributed by atoms with Crippen LogP contribution in [0.2, 0.25) is 0 Å². The smallest absolute Gasteiger partial charge is 0.455 e. The normalized spacial score (nSPS) is 38.5. The molecule has 2 fully saturated rings. The lowest BCUT2D eigenvalue weighted by Crippen LogP contribution is -2.29. The average Bonchev–Trinajstić information content (AvgIpc) is 3.12. The van der Waals surface area contributed by atoms with E-state index in [1.165, 1.54) is 7.11 Å². The van der Waals surface area contributed by atoms with E-state index in [4.69, 9.17) is 14.2 Å². The van der Waals surface area contributed by atoms with Crippen molar-refractivity contribution in [3.05, 3.63) is 23.8 Å². The molecule has 3 rings (SSSR count). The van der Waals surface area contributed by atoms with Gasteiger partial charge in [-0.3, -0.25) is 0 Å². The number of hydrogen-bond acceptors (Lipinski definition) is 6. The molecule has 0 saturated carbocycles. The quantitative estimate of drug-likeness (QED) is 0.337. The van der Waals surface area contributed by atoms with Crippen LogP contribution in [0.5, 0.6) is 0 Å². The van der Waals surface area contributed by atoms with Crippen LogP contribution in [-0.4, -0.2) is 43.7 Å². The van der Waals surface area contributed by atoms with Crippen molar-refractivity contribution in [1.29, 1.82) is 0 Å². The van der Waals surface area contributed by atoms with Gasteiger partial charge in [-0.25, -0.2) is 9.59 Å². The van der Waals surface area contributed by atoms with Gasteiger partial charge in [-0.15, -0.1) is 0 Å². The predicted molar refractivity (Wildman–Crippen MR) is 80.7 cm³/mol. The predicted octanol–water partition coefficient (Wildman–Crippen LogP) is 2.53.